The van der Waals surface area contributed by atoms with Crippen LogP contribution in [0.1, 0.15) is 6.42 Å². The molecule has 3 heteroatoms. The van der Waals surface area contributed by atoms with Crippen molar-refractivity contribution in [1.82, 2.24) is 0 Å². The van der Waals surface area contributed by atoms with Gasteiger partial charge in [0.2, 0.25) is 0 Å². The second-order valence-corrected chi connectivity index (χ2v) is 2.89. The fraction of sp³-hybridized carbons (Fsp3) is 0.667. The van der Waals surface area contributed by atoms with E-state index in [0.29, 0.717) is 11.5 Å². The van der Waals surface area contributed by atoms with Crippen molar-refractivity contribution in [1.29, 1.82) is 0 Å². The van der Waals surface area contributed by atoms with Crippen molar-refractivity contribution < 1.29 is 9.84 Å². The van der Waals surface area contributed by atoms with Crippen LogP contribution in [0.25, 0.3) is 0 Å². The van der Waals surface area contributed by atoms with Crippen molar-refractivity contribution in [2.75, 3.05) is 0 Å². The van der Waals surface area contributed by atoms with Crippen molar-refractivity contribution >= 4 is 11.6 Å². The summed E-state index contributed by atoms with van der Waals surface area (Å²) in [5.74, 6) is 0. The number of hydrogen-bond acceptors (Lipinski definition) is 2. The lowest BCUT2D eigenvalue weighted by atomic mass is 10.1. The van der Waals surface area contributed by atoms with Crippen LogP contribution >= 0.6 is 11.6 Å². The molecule has 0 amide bonds. The minimum atomic E-state index is -0.368. The SMILES string of the molecule is O[C@H]1C[C@H]2C=C(Cl)[C@@H]1O2. The molecule has 0 spiro atoms. The molecule has 3 atom stereocenters. The third kappa shape index (κ3) is 0.707. The topological polar surface area (TPSA) is 29.5 Å². The zero-order chi connectivity index (χ0) is 6.43. The monoisotopic (exact) mass is 146 g/mol. The maximum atomic E-state index is 9.14. The maximum Gasteiger partial charge on any atom is 0.119 e. The van der Waals surface area contributed by atoms with Crippen molar-refractivity contribution in [2.24, 2.45) is 0 Å². The smallest absolute Gasteiger partial charge is 0.119 e. The normalized spacial score (nSPS) is 47.8. The standard InChI is InChI=1S/C6H7ClO2/c7-4-1-3-2-5(8)6(4)9-3/h1,3,5-6,8H,2H2/t3-,5+,6+/m1/s1. The van der Waals surface area contributed by atoms with Gasteiger partial charge in [-0.3, -0.25) is 0 Å². The summed E-state index contributed by atoms with van der Waals surface area (Å²) in [7, 11) is 0. The van der Waals surface area contributed by atoms with Crippen LogP contribution in [0, 0.1) is 0 Å². The fourth-order valence-corrected chi connectivity index (χ4v) is 1.66. The lowest BCUT2D eigenvalue weighted by Gasteiger charge is -2.09. The van der Waals surface area contributed by atoms with Gasteiger partial charge in [-0.05, 0) is 6.08 Å². The van der Waals surface area contributed by atoms with E-state index >= 15 is 0 Å². The molecule has 1 saturated heterocycles. The van der Waals surface area contributed by atoms with Crippen LogP contribution in [0.4, 0.5) is 0 Å². The molecule has 1 N–H and O–H groups in total. The van der Waals surface area contributed by atoms with Crippen molar-refractivity contribution in [2.45, 2.75) is 24.7 Å². The largest absolute Gasteiger partial charge is 0.390 e. The minimum Gasteiger partial charge on any atom is -0.390 e. The summed E-state index contributed by atoms with van der Waals surface area (Å²) in [4.78, 5) is 0. The van der Waals surface area contributed by atoms with Gasteiger partial charge >= 0.3 is 0 Å². The maximum absolute atomic E-state index is 9.14. The average molecular weight is 147 g/mol. The number of fused-ring (bicyclic) bond motifs is 2. The highest BCUT2D eigenvalue weighted by molar-refractivity contribution is 6.30. The van der Waals surface area contributed by atoms with E-state index in [-0.39, 0.29) is 18.3 Å². The van der Waals surface area contributed by atoms with Gasteiger partial charge in [0.15, 0.2) is 0 Å². The molecule has 0 aliphatic carbocycles. The Labute approximate surface area is 58.1 Å². The zero-order valence-electron chi connectivity index (χ0n) is 4.75. The second-order valence-electron chi connectivity index (χ2n) is 2.45. The summed E-state index contributed by atoms with van der Waals surface area (Å²) in [6, 6.07) is 0. The summed E-state index contributed by atoms with van der Waals surface area (Å²) in [5.41, 5.74) is 0. The quantitative estimate of drug-likeness (QED) is 0.544. The Hall–Kier alpha value is -0.0500. The van der Waals surface area contributed by atoms with Crippen LogP contribution in [-0.4, -0.2) is 23.4 Å². The van der Waals surface area contributed by atoms with E-state index in [1.54, 1.807) is 0 Å². The Morgan fingerprint density at radius 3 is 2.89 bits per heavy atom. The Kier molecular flexibility index (Phi) is 1.09. The summed E-state index contributed by atoms with van der Waals surface area (Å²) < 4.78 is 5.22. The van der Waals surface area contributed by atoms with Gasteiger partial charge in [-0.2, -0.15) is 0 Å². The van der Waals surface area contributed by atoms with Crippen molar-refractivity contribution in [3.63, 3.8) is 0 Å². The number of rotatable bonds is 0. The minimum absolute atomic E-state index is 0.0810. The van der Waals surface area contributed by atoms with Crippen LogP contribution in [0.5, 0.6) is 0 Å². The van der Waals surface area contributed by atoms with Crippen LogP contribution in [-0.2, 0) is 4.74 Å². The van der Waals surface area contributed by atoms with Crippen LogP contribution < -0.4 is 0 Å². The molecule has 2 bridgehead atoms. The van der Waals surface area contributed by atoms with Gasteiger partial charge in [0, 0.05) is 11.5 Å². The van der Waals surface area contributed by atoms with Crippen LogP contribution in [0.15, 0.2) is 11.1 Å². The third-order valence-electron chi connectivity index (χ3n) is 1.76. The Balaban J connectivity index is 2.27. The number of aliphatic hydroxyl groups excluding tert-OH is 1. The molecule has 9 heavy (non-hydrogen) atoms. The predicted molar refractivity (Wildman–Crippen MR) is 33.2 cm³/mol. The molecular weight excluding hydrogens is 140 g/mol. The molecule has 2 rings (SSSR count). The molecular formula is C6H7ClO2. The molecule has 0 unspecified atom stereocenters. The number of ether oxygens (including phenoxy) is 1. The molecule has 0 aromatic carbocycles. The Morgan fingerprint density at radius 2 is 2.56 bits per heavy atom. The van der Waals surface area contributed by atoms with Gasteiger partial charge in [0.05, 0.1) is 12.2 Å². The van der Waals surface area contributed by atoms with Gasteiger partial charge in [0.1, 0.15) is 6.10 Å². The third-order valence-corrected chi connectivity index (χ3v) is 2.10. The van der Waals surface area contributed by atoms with E-state index in [4.69, 9.17) is 21.4 Å². The molecule has 2 aliphatic rings. The first-order valence-corrected chi connectivity index (χ1v) is 3.36. The molecule has 0 saturated carbocycles. The first-order valence-electron chi connectivity index (χ1n) is 2.98. The summed E-state index contributed by atoms with van der Waals surface area (Å²) in [6.45, 7) is 0. The molecule has 1 fully saturated rings. The van der Waals surface area contributed by atoms with Crippen LogP contribution in [0.2, 0.25) is 0 Å². The van der Waals surface area contributed by atoms with E-state index in [1.807, 2.05) is 6.08 Å². The highest BCUT2D eigenvalue weighted by Gasteiger charge is 2.40. The predicted octanol–water partition coefficient (Wildman–Crippen LogP) is 0.641. The molecule has 0 aromatic heterocycles. The first kappa shape index (κ1) is 5.71. The van der Waals surface area contributed by atoms with Gasteiger partial charge in [0.25, 0.3) is 0 Å². The summed E-state index contributed by atoms with van der Waals surface area (Å²) >= 11 is 5.68. The number of aliphatic hydroxyl groups is 1. The van der Waals surface area contributed by atoms with Gasteiger partial charge < -0.3 is 9.84 Å². The lowest BCUT2D eigenvalue weighted by molar-refractivity contribution is 0.0677. The van der Waals surface area contributed by atoms with Crippen molar-refractivity contribution in [3.05, 3.63) is 11.1 Å². The molecule has 0 radical (unpaired) electrons. The van der Waals surface area contributed by atoms with Gasteiger partial charge in [-0.15, -0.1) is 0 Å². The highest BCUT2D eigenvalue weighted by atomic mass is 35.5. The van der Waals surface area contributed by atoms with E-state index in [9.17, 15) is 0 Å². The van der Waals surface area contributed by atoms with Gasteiger partial charge in [-0.1, -0.05) is 11.6 Å². The molecule has 2 aliphatic heterocycles. The number of hydrogen-bond donors (Lipinski definition) is 1. The lowest BCUT2D eigenvalue weighted by Crippen LogP contribution is -2.20. The Bertz CT molecular complexity index is 166. The zero-order valence-corrected chi connectivity index (χ0v) is 5.51. The van der Waals surface area contributed by atoms with Gasteiger partial charge in [-0.25, -0.2) is 0 Å². The van der Waals surface area contributed by atoms with Crippen molar-refractivity contribution in [3.8, 4) is 0 Å². The van der Waals surface area contributed by atoms with Crippen LogP contribution in [0.3, 0.4) is 0 Å². The second kappa shape index (κ2) is 1.72. The fourth-order valence-electron chi connectivity index (χ4n) is 1.32. The molecule has 50 valence electrons. The van der Waals surface area contributed by atoms with E-state index in [1.165, 1.54) is 0 Å². The average Bonchev–Trinajstić information content (AvgIpc) is 2.22. The highest BCUT2D eigenvalue weighted by Crippen LogP contribution is 2.35. The molecule has 0 aromatic rings. The number of halogens is 1. The summed E-state index contributed by atoms with van der Waals surface area (Å²) in [5, 5.41) is 9.80. The van der Waals surface area contributed by atoms with E-state index < -0.39 is 0 Å². The molecule has 2 nitrogen and oxygen atoms in total. The summed E-state index contributed by atoms with van der Waals surface area (Å²) in [6.07, 6.45) is 2.07. The van der Waals surface area contributed by atoms with E-state index in [2.05, 4.69) is 0 Å². The molecule has 2 heterocycles. The van der Waals surface area contributed by atoms with E-state index in [0.717, 1.165) is 0 Å². The Morgan fingerprint density at radius 1 is 1.78 bits per heavy atom. The first-order chi connectivity index (χ1) is 4.27.